The van der Waals surface area contributed by atoms with E-state index in [0.717, 1.165) is 5.52 Å². The van der Waals surface area contributed by atoms with Gasteiger partial charge in [0.25, 0.3) is 0 Å². The predicted octanol–water partition coefficient (Wildman–Crippen LogP) is 2.78. The quantitative estimate of drug-likeness (QED) is 0.479. The van der Waals surface area contributed by atoms with Crippen molar-refractivity contribution in [2.24, 2.45) is 5.92 Å². The lowest BCUT2D eigenvalue weighted by Gasteiger charge is -2.33. The van der Waals surface area contributed by atoms with Crippen molar-refractivity contribution >= 4 is 28.9 Å². The van der Waals surface area contributed by atoms with Crippen LogP contribution in [0.25, 0.3) is 11.0 Å². The molecule has 0 fully saturated rings. The summed E-state index contributed by atoms with van der Waals surface area (Å²) in [5.41, 5.74) is 2.01. The molecule has 4 rings (SSSR count). The Morgan fingerprint density at radius 1 is 1.06 bits per heavy atom. The number of rotatable bonds is 6. The van der Waals surface area contributed by atoms with Crippen LogP contribution in [-0.2, 0) is 14.3 Å². The summed E-state index contributed by atoms with van der Waals surface area (Å²) in [6, 6.07) is 10.2. The second-order valence-electron chi connectivity index (χ2n) is 6.88. The molecule has 0 saturated heterocycles. The van der Waals surface area contributed by atoms with Gasteiger partial charge >= 0.3 is 5.97 Å². The van der Waals surface area contributed by atoms with Crippen molar-refractivity contribution in [2.45, 2.75) is 13.0 Å². The monoisotopic (exact) mass is 425 g/mol. The fraction of sp³-hybridized carbons (Fsp3) is 0.318. The Kier molecular flexibility index (Phi) is 5.41. The molecule has 1 aliphatic rings. The van der Waals surface area contributed by atoms with Crippen LogP contribution in [0.3, 0.4) is 0 Å². The fourth-order valence-corrected chi connectivity index (χ4v) is 4.04. The first kappa shape index (κ1) is 20.5. The van der Waals surface area contributed by atoms with Gasteiger partial charge in [0.15, 0.2) is 17.4 Å². The van der Waals surface area contributed by atoms with Gasteiger partial charge in [-0.1, -0.05) is 12.1 Å². The Morgan fingerprint density at radius 2 is 1.81 bits per heavy atom. The van der Waals surface area contributed by atoms with Crippen LogP contribution in [-0.4, -0.2) is 49.4 Å². The van der Waals surface area contributed by atoms with Gasteiger partial charge in [-0.2, -0.15) is 0 Å². The average Bonchev–Trinajstić information content (AvgIpc) is 3.14. The number of hydrogen-bond donors (Lipinski definition) is 1. The van der Waals surface area contributed by atoms with Crippen LogP contribution in [0, 0.1) is 5.92 Å². The van der Waals surface area contributed by atoms with Gasteiger partial charge in [-0.15, -0.1) is 0 Å². The Morgan fingerprint density at radius 3 is 2.48 bits per heavy atom. The van der Waals surface area contributed by atoms with E-state index in [1.165, 1.54) is 21.3 Å². The topological polar surface area (TPSA) is 101 Å². The van der Waals surface area contributed by atoms with E-state index in [1.807, 2.05) is 28.8 Å². The predicted molar refractivity (Wildman–Crippen MR) is 113 cm³/mol. The van der Waals surface area contributed by atoms with E-state index in [9.17, 15) is 9.59 Å². The first-order valence-corrected chi connectivity index (χ1v) is 9.79. The second-order valence-corrected chi connectivity index (χ2v) is 6.88. The third kappa shape index (κ3) is 3.22. The standard InChI is InChI=1S/C22H23N3O6/c1-5-31-21(27)16-17(12-10-11-15(28-2)19(30-4)18(12)29-3)25-14-9-7-6-8-13(14)23-22(25)24-20(16)26/h6-11,16-17H,5H2,1-4H3,(H,23,24,26)/t16-,17-/m1/s1. The van der Waals surface area contributed by atoms with Crippen LogP contribution in [0.4, 0.5) is 5.95 Å². The Labute approximate surface area is 178 Å². The van der Waals surface area contributed by atoms with Crippen molar-refractivity contribution in [3.05, 3.63) is 42.0 Å². The molecule has 2 atom stereocenters. The maximum atomic E-state index is 13.0. The van der Waals surface area contributed by atoms with Crippen molar-refractivity contribution in [1.29, 1.82) is 0 Å². The first-order chi connectivity index (χ1) is 15.0. The molecule has 0 saturated carbocycles. The molecule has 2 aromatic carbocycles. The number of methoxy groups -OCH3 is 3. The van der Waals surface area contributed by atoms with Gasteiger partial charge < -0.3 is 23.5 Å². The number of esters is 1. The van der Waals surface area contributed by atoms with Gasteiger partial charge in [-0.05, 0) is 31.2 Å². The molecule has 0 unspecified atom stereocenters. The van der Waals surface area contributed by atoms with Crippen molar-refractivity contribution in [3.63, 3.8) is 0 Å². The van der Waals surface area contributed by atoms with Crippen molar-refractivity contribution < 1.29 is 28.5 Å². The number of nitrogens with zero attached hydrogens (tertiary/aromatic N) is 2. The number of carbonyl (C=O) groups excluding carboxylic acids is 2. The lowest BCUT2D eigenvalue weighted by atomic mass is 9.89. The Bertz CT molecular complexity index is 1160. The zero-order chi connectivity index (χ0) is 22.1. The molecular weight excluding hydrogens is 402 g/mol. The highest BCUT2D eigenvalue weighted by molar-refractivity contribution is 6.07. The van der Waals surface area contributed by atoms with Gasteiger partial charge in [0, 0.05) is 5.56 Å². The summed E-state index contributed by atoms with van der Waals surface area (Å²) < 4.78 is 23.7. The van der Waals surface area contributed by atoms with E-state index in [-0.39, 0.29) is 6.61 Å². The smallest absolute Gasteiger partial charge is 0.321 e. The van der Waals surface area contributed by atoms with Crippen molar-refractivity contribution in [3.8, 4) is 17.2 Å². The van der Waals surface area contributed by atoms with Gasteiger partial charge in [-0.3, -0.25) is 14.9 Å². The van der Waals surface area contributed by atoms with Gasteiger partial charge in [0.1, 0.15) is 0 Å². The molecular formula is C22H23N3O6. The summed E-state index contributed by atoms with van der Waals surface area (Å²) in [5.74, 6) is -0.757. The van der Waals surface area contributed by atoms with Crippen molar-refractivity contribution in [1.82, 2.24) is 9.55 Å². The van der Waals surface area contributed by atoms with Crippen LogP contribution in [0.2, 0.25) is 0 Å². The van der Waals surface area contributed by atoms with Crippen LogP contribution in [0.15, 0.2) is 36.4 Å². The third-order valence-electron chi connectivity index (χ3n) is 5.30. The maximum Gasteiger partial charge on any atom is 0.321 e. The molecule has 1 amide bonds. The summed E-state index contributed by atoms with van der Waals surface area (Å²) >= 11 is 0. The Hall–Kier alpha value is -3.75. The average molecular weight is 425 g/mol. The van der Waals surface area contributed by atoms with E-state index in [2.05, 4.69) is 10.3 Å². The number of benzene rings is 2. The first-order valence-electron chi connectivity index (χ1n) is 9.79. The number of aromatic nitrogens is 2. The van der Waals surface area contributed by atoms with Gasteiger partial charge in [-0.25, -0.2) is 4.98 Å². The molecule has 1 aliphatic heterocycles. The number of imidazole rings is 1. The highest BCUT2D eigenvalue weighted by Gasteiger charge is 2.45. The number of amides is 1. The Balaban J connectivity index is 2.03. The molecule has 1 aromatic heterocycles. The molecule has 2 heterocycles. The van der Waals surface area contributed by atoms with E-state index in [0.29, 0.717) is 34.3 Å². The summed E-state index contributed by atoms with van der Waals surface area (Å²) in [5, 5.41) is 2.74. The molecule has 3 aromatic rings. The van der Waals surface area contributed by atoms with E-state index >= 15 is 0 Å². The molecule has 9 nitrogen and oxygen atoms in total. The van der Waals surface area contributed by atoms with E-state index in [4.69, 9.17) is 18.9 Å². The largest absolute Gasteiger partial charge is 0.493 e. The summed E-state index contributed by atoms with van der Waals surface area (Å²) in [4.78, 5) is 30.5. The number of anilines is 1. The number of ether oxygens (including phenoxy) is 4. The number of para-hydroxylation sites is 2. The van der Waals surface area contributed by atoms with E-state index < -0.39 is 23.8 Å². The van der Waals surface area contributed by atoms with Crippen LogP contribution in [0.5, 0.6) is 17.2 Å². The minimum absolute atomic E-state index is 0.149. The fourth-order valence-electron chi connectivity index (χ4n) is 4.04. The summed E-state index contributed by atoms with van der Waals surface area (Å²) in [6.45, 7) is 1.85. The van der Waals surface area contributed by atoms with Crippen LogP contribution < -0.4 is 19.5 Å². The van der Waals surface area contributed by atoms with Gasteiger partial charge in [0.05, 0.1) is 45.0 Å². The summed E-state index contributed by atoms with van der Waals surface area (Å²) in [7, 11) is 4.52. The number of carbonyl (C=O) groups is 2. The highest BCUT2D eigenvalue weighted by Crippen LogP contribution is 2.47. The minimum Gasteiger partial charge on any atom is -0.493 e. The third-order valence-corrected chi connectivity index (χ3v) is 5.30. The zero-order valence-electron chi connectivity index (χ0n) is 17.7. The van der Waals surface area contributed by atoms with Crippen LogP contribution in [0.1, 0.15) is 18.5 Å². The molecule has 0 radical (unpaired) electrons. The molecule has 0 aliphatic carbocycles. The molecule has 0 bridgehead atoms. The molecule has 1 N–H and O–H groups in total. The number of nitrogens with one attached hydrogen (secondary N) is 1. The molecule has 0 spiro atoms. The molecule has 31 heavy (non-hydrogen) atoms. The molecule has 9 heteroatoms. The normalized spacial score (nSPS) is 17.6. The van der Waals surface area contributed by atoms with Crippen LogP contribution >= 0.6 is 0 Å². The lowest BCUT2D eigenvalue weighted by molar-refractivity contribution is -0.152. The van der Waals surface area contributed by atoms with Crippen molar-refractivity contribution in [2.75, 3.05) is 33.3 Å². The highest BCUT2D eigenvalue weighted by atomic mass is 16.5. The number of fused-ring (bicyclic) bond motifs is 3. The zero-order valence-corrected chi connectivity index (χ0v) is 17.7. The molecule has 162 valence electrons. The SMILES string of the molecule is CCOC(=O)[C@H]1C(=O)Nc2nc3ccccc3n2[C@@H]1c1ccc(OC)c(OC)c1OC. The number of hydrogen-bond acceptors (Lipinski definition) is 7. The maximum absolute atomic E-state index is 13.0. The summed E-state index contributed by atoms with van der Waals surface area (Å²) in [6.07, 6.45) is 0. The van der Waals surface area contributed by atoms with E-state index in [1.54, 1.807) is 19.1 Å². The van der Waals surface area contributed by atoms with Gasteiger partial charge in [0.2, 0.25) is 17.6 Å². The lowest BCUT2D eigenvalue weighted by Crippen LogP contribution is -2.43. The minimum atomic E-state index is -1.16. The second kappa shape index (κ2) is 8.17.